The number of rotatable bonds is 2. The van der Waals surface area contributed by atoms with Gasteiger partial charge >= 0.3 is 0 Å². The number of carbonyl (C=O) groups is 1. The Kier molecular flexibility index (Phi) is 2.54. The molecule has 0 radical (unpaired) electrons. The Hall–Kier alpha value is -1.32. The van der Waals surface area contributed by atoms with E-state index in [2.05, 4.69) is 10.5 Å². The maximum atomic E-state index is 12.6. The van der Waals surface area contributed by atoms with Crippen LogP contribution >= 0.6 is 0 Å². The summed E-state index contributed by atoms with van der Waals surface area (Å²) in [7, 11) is 0. The van der Waals surface area contributed by atoms with E-state index in [9.17, 15) is 4.79 Å². The smallest absolute Gasteiger partial charge is 0.257 e. The van der Waals surface area contributed by atoms with Crippen molar-refractivity contribution in [1.29, 1.82) is 0 Å². The summed E-state index contributed by atoms with van der Waals surface area (Å²) in [5, 5.41) is 7.27. The van der Waals surface area contributed by atoms with Gasteiger partial charge < -0.3 is 9.84 Å². The Morgan fingerprint density at radius 2 is 1.70 bits per heavy atom. The first-order valence-corrected chi connectivity index (χ1v) is 7.80. The Morgan fingerprint density at radius 1 is 1.15 bits per heavy atom. The van der Waals surface area contributed by atoms with Crippen molar-refractivity contribution < 1.29 is 9.32 Å². The average molecular weight is 274 g/mol. The molecule has 4 aliphatic carbocycles. The molecule has 108 valence electrons. The fourth-order valence-corrected chi connectivity index (χ4v) is 5.37. The van der Waals surface area contributed by atoms with Gasteiger partial charge in [-0.2, -0.15) is 0 Å². The Labute approximate surface area is 119 Å². The van der Waals surface area contributed by atoms with Crippen molar-refractivity contribution in [2.75, 3.05) is 0 Å². The lowest BCUT2D eigenvalue weighted by atomic mass is 9.53. The lowest BCUT2D eigenvalue weighted by molar-refractivity contribution is -0.0167. The third-order valence-electron chi connectivity index (χ3n) is 5.68. The first-order chi connectivity index (χ1) is 9.55. The van der Waals surface area contributed by atoms with Crippen molar-refractivity contribution in [3.8, 4) is 0 Å². The monoisotopic (exact) mass is 274 g/mol. The number of nitrogens with one attached hydrogen (secondary N) is 1. The fourth-order valence-electron chi connectivity index (χ4n) is 5.37. The van der Waals surface area contributed by atoms with Gasteiger partial charge in [0.1, 0.15) is 11.3 Å². The minimum Gasteiger partial charge on any atom is -0.361 e. The molecule has 0 aliphatic heterocycles. The van der Waals surface area contributed by atoms with Crippen LogP contribution in [0, 0.1) is 31.6 Å². The summed E-state index contributed by atoms with van der Waals surface area (Å²) in [6.07, 6.45) is 7.69. The lowest BCUT2D eigenvalue weighted by Crippen LogP contribution is -2.59. The van der Waals surface area contributed by atoms with E-state index < -0.39 is 0 Å². The molecular weight excluding hydrogens is 252 g/mol. The zero-order valence-corrected chi connectivity index (χ0v) is 12.2. The van der Waals surface area contributed by atoms with Crippen LogP contribution in [0.3, 0.4) is 0 Å². The van der Waals surface area contributed by atoms with Gasteiger partial charge in [-0.25, -0.2) is 0 Å². The van der Waals surface area contributed by atoms with Crippen LogP contribution in [0.15, 0.2) is 4.52 Å². The largest absolute Gasteiger partial charge is 0.361 e. The third-order valence-corrected chi connectivity index (χ3v) is 5.68. The van der Waals surface area contributed by atoms with Gasteiger partial charge in [-0.1, -0.05) is 5.16 Å². The van der Waals surface area contributed by atoms with Crippen LogP contribution in [0.2, 0.25) is 0 Å². The Morgan fingerprint density at radius 3 is 2.15 bits per heavy atom. The maximum Gasteiger partial charge on any atom is 0.257 e. The highest BCUT2D eigenvalue weighted by atomic mass is 16.5. The van der Waals surface area contributed by atoms with E-state index in [4.69, 9.17) is 4.52 Å². The maximum absolute atomic E-state index is 12.6. The zero-order valence-electron chi connectivity index (χ0n) is 12.2. The Balaban J connectivity index is 1.58. The van der Waals surface area contributed by atoms with E-state index in [1.807, 2.05) is 13.8 Å². The molecule has 4 heteroatoms. The normalized spacial score (nSPS) is 38.2. The summed E-state index contributed by atoms with van der Waals surface area (Å²) in [6.45, 7) is 3.65. The van der Waals surface area contributed by atoms with E-state index in [1.54, 1.807) is 0 Å². The molecule has 0 saturated heterocycles. The van der Waals surface area contributed by atoms with Crippen LogP contribution in [0.5, 0.6) is 0 Å². The fraction of sp³-hybridized carbons (Fsp3) is 0.750. The molecule has 4 nitrogen and oxygen atoms in total. The molecule has 1 amide bonds. The number of nitrogens with zero attached hydrogens (tertiary/aromatic N) is 1. The van der Waals surface area contributed by atoms with Gasteiger partial charge in [-0.3, -0.25) is 4.79 Å². The number of carbonyl (C=O) groups excluding carboxylic acids is 1. The van der Waals surface area contributed by atoms with E-state index >= 15 is 0 Å². The standard InChI is InChI=1S/C16H22N2O2/c1-9-14(10(2)20-18-9)15(19)17-16-6-11-3-12(7-16)5-13(4-11)8-16/h11-13H,3-8H2,1-2H3,(H,17,19). The van der Waals surface area contributed by atoms with Crippen LogP contribution in [0.4, 0.5) is 0 Å². The minimum atomic E-state index is 0.0169. The van der Waals surface area contributed by atoms with E-state index in [1.165, 1.54) is 38.5 Å². The van der Waals surface area contributed by atoms with E-state index in [0.717, 1.165) is 17.8 Å². The van der Waals surface area contributed by atoms with Gasteiger partial charge in [-0.05, 0) is 70.1 Å². The molecule has 4 bridgehead atoms. The summed E-state index contributed by atoms with van der Waals surface area (Å²) < 4.78 is 5.13. The second kappa shape index (κ2) is 4.09. The van der Waals surface area contributed by atoms with Gasteiger partial charge in [0.15, 0.2) is 0 Å². The van der Waals surface area contributed by atoms with Gasteiger partial charge in [0, 0.05) is 5.54 Å². The van der Waals surface area contributed by atoms with Crippen molar-refractivity contribution in [2.24, 2.45) is 17.8 Å². The topological polar surface area (TPSA) is 55.1 Å². The third kappa shape index (κ3) is 1.80. The molecular formula is C16H22N2O2. The van der Waals surface area contributed by atoms with Crippen molar-refractivity contribution in [3.63, 3.8) is 0 Å². The van der Waals surface area contributed by atoms with Crippen molar-refractivity contribution in [3.05, 3.63) is 17.0 Å². The highest BCUT2D eigenvalue weighted by molar-refractivity contribution is 5.96. The van der Waals surface area contributed by atoms with Gasteiger partial charge in [0.25, 0.3) is 5.91 Å². The molecule has 5 rings (SSSR count). The second-order valence-electron chi connectivity index (χ2n) is 7.35. The van der Waals surface area contributed by atoms with Crippen LogP contribution in [-0.2, 0) is 0 Å². The number of amides is 1. The highest BCUT2D eigenvalue weighted by Gasteiger charge is 2.51. The molecule has 0 unspecified atom stereocenters. The quantitative estimate of drug-likeness (QED) is 0.902. The van der Waals surface area contributed by atoms with Gasteiger partial charge in [0.05, 0.1) is 5.69 Å². The highest BCUT2D eigenvalue weighted by Crippen LogP contribution is 2.55. The predicted molar refractivity (Wildman–Crippen MR) is 74.3 cm³/mol. The van der Waals surface area contributed by atoms with E-state index in [0.29, 0.717) is 17.0 Å². The van der Waals surface area contributed by atoms with Crippen molar-refractivity contribution in [2.45, 2.75) is 57.9 Å². The summed E-state index contributed by atoms with van der Waals surface area (Å²) in [5.41, 5.74) is 1.40. The van der Waals surface area contributed by atoms with Crippen molar-refractivity contribution >= 4 is 5.91 Å². The first-order valence-electron chi connectivity index (χ1n) is 7.80. The van der Waals surface area contributed by atoms with Crippen LogP contribution in [0.1, 0.15) is 60.3 Å². The van der Waals surface area contributed by atoms with Crippen LogP contribution < -0.4 is 5.32 Å². The molecule has 1 aromatic rings. The van der Waals surface area contributed by atoms with Crippen LogP contribution in [0.25, 0.3) is 0 Å². The van der Waals surface area contributed by atoms with Crippen LogP contribution in [-0.4, -0.2) is 16.6 Å². The van der Waals surface area contributed by atoms with Gasteiger partial charge in [0.2, 0.25) is 0 Å². The summed E-state index contributed by atoms with van der Waals surface area (Å²) in [4.78, 5) is 12.6. The molecule has 0 spiro atoms. The van der Waals surface area contributed by atoms with E-state index in [-0.39, 0.29) is 11.4 Å². The molecule has 1 N–H and O–H groups in total. The molecule has 0 aromatic carbocycles. The predicted octanol–water partition coefficient (Wildman–Crippen LogP) is 2.99. The van der Waals surface area contributed by atoms with Gasteiger partial charge in [-0.15, -0.1) is 0 Å². The number of aromatic nitrogens is 1. The second-order valence-corrected chi connectivity index (χ2v) is 7.35. The zero-order chi connectivity index (χ0) is 13.9. The number of hydrogen-bond donors (Lipinski definition) is 1. The summed E-state index contributed by atoms with van der Waals surface area (Å²) in [6, 6.07) is 0. The molecule has 1 aromatic heterocycles. The molecule has 1 heterocycles. The number of aryl methyl sites for hydroxylation is 2. The summed E-state index contributed by atoms with van der Waals surface area (Å²) in [5.74, 6) is 3.16. The Bertz CT molecular complexity index is 506. The first kappa shape index (κ1) is 12.4. The molecule has 4 saturated carbocycles. The molecule has 4 aliphatic rings. The molecule has 0 atom stereocenters. The van der Waals surface area contributed by atoms with Crippen molar-refractivity contribution in [1.82, 2.24) is 10.5 Å². The summed E-state index contributed by atoms with van der Waals surface area (Å²) >= 11 is 0. The molecule has 4 fully saturated rings. The number of hydrogen-bond acceptors (Lipinski definition) is 3. The SMILES string of the molecule is Cc1noc(C)c1C(=O)NC12CC3CC(CC(C3)C1)C2. The lowest BCUT2D eigenvalue weighted by Gasteiger charge is -2.56. The minimum absolute atomic E-state index is 0.0169. The molecule has 20 heavy (non-hydrogen) atoms. The average Bonchev–Trinajstić information content (AvgIpc) is 2.66.